The summed E-state index contributed by atoms with van der Waals surface area (Å²) in [7, 11) is -2.46. The lowest BCUT2D eigenvalue weighted by molar-refractivity contribution is 0.411. The van der Waals surface area contributed by atoms with E-state index in [0.29, 0.717) is 10.2 Å². The number of hydrogen-bond donors (Lipinski definition) is 0. The molecule has 0 aromatic heterocycles. The molecule has 0 aliphatic heterocycles. The second kappa shape index (κ2) is 6.84. The SMILES string of the molecule is CCN(c1ccc(F)c(F)c1)S(=O)(=O)c1ccc(OC)c(Br)c1. The molecule has 0 atom stereocenters. The van der Waals surface area contributed by atoms with Crippen LogP contribution in [-0.4, -0.2) is 22.1 Å². The summed E-state index contributed by atoms with van der Waals surface area (Å²) in [6, 6.07) is 7.27. The standard InChI is InChI=1S/C15H14BrF2NO3S/c1-3-19(10-4-6-13(17)14(18)8-10)23(20,21)11-5-7-15(22-2)12(16)9-11/h4-9H,3H2,1-2H3. The van der Waals surface area contributed by atoms with Crippen molar-refractivity contribution in [3.05, 3.63) is 52.5 Å². The van der Waals surface area contributed by atoms with Gasteiger partial charge in [-0.2, -0.15) is 0 Å². The average Bonchev–Trinajstić information content (AvgIpc) is 2.51. The lowest BCUT2D eigenvalue weighted by Gasteiger charge is -2.23. The van der Waals surface area contributed by atoms with Crippen LogP contribution in [0.15, 0.2) is 45.8 Å². The minimum absolute atomic E-state index is 0.0109. The highest BCUT2D eigenvalue weighted by Crippen LogP contribution is 2.31. The fraction of sp³-hybridized carbons (Fsp3) is 0.200. The largest absolute Gasteiger partial charge is 0.496 e. The van der Waals surface area contributed by atoms with E-state index < -0.39 is 21.7 Å². The van der Waals surface area contributed by atoms with Crippen molar-refractivity contribution in [2.24, 2.45) is 0 Å². The van der Waals surface area contributed by atoms with Crippen molar-refractivity contribution in [3.8, 4) is 5.75 Å². The molecule has 4 nitrogen and oxygen atoms in total. The summed E-state index contributed by atoms with van der Waals surface area (Å²) in [6.07, 6.45) is 0. The van der Waals surface area contributed by atoms with Crippen molar-refractivity contribution >= 4 is 31.6 Å². The molecule has 2 rings (SSSR count). The van der Waals surface area contributed by atoms with Crippen LogP contribution in [-0.2, 0) is 10.0 Å². The van der Waals surface area contributed by atoms with Gasteiger partial charge in [-0.25, -0.2) is 17.2 Å². The number of rotatable bonds is 5. The van der Waals surface area contributed by atoms with E-state index in [-0.39, 0.29) is 17.1 Å². The molecule has 0 N–H and O–H groups in total. The van der Waals surface area contributed by atoms with Gasteiger partial charge in [0.05, 0.1) is 22.2 Å². The van der Waals surface area contributed by atoms with Crippen LogP contribution in [0, 0.1) is 11.6 Å². The predicted octanol–water partition coefficient (Wildman–Crippen LogP) is 3.95. The fourth-order valence-corrected chi connectivity index (χ4v) is 4.25. The number of methoxy groups -OCH3 is 1. The molecule has 23 heavy (non-hydrogen) atoms. The van der Waals surface area contributed by atoms with Gasteiger partial charge < -0.3 is 4.74 Å². The Labute approximate surface area is 141 Å². The van der Waals surface area contributed by atoms with Gasteiger partial charge in [0.2, 0.25) is 0 Å². The van der Waals surface area contributed by atoms with Crippen molar-refractivity contribution < 1.29 is 21.9 Å². The zero-order valence-electron chi connectivity index (χ0n) is 12.4. The summed E-state index contributed by atoms with van der Waals surface area (Å²) in [4.78, 5) is 0.0109. The molecule has 2 aromatic carbocycles. The molecule has 0 unspecified atom stereocenters. The first kappa shape index (κ1) is 17.7. The quantitative estimate of drug-likeness (QED) is 0.756. The van der Waals surface area contributed by atoms with Crippen LogP contribution in [0.5, 0.6) is 5.75 Å². The third-order valence-electron chi connectivity index (χ3n) is 3.19. The van der Waals surface area contributed by atoms with Crippen LogP contribution in [0.2, 0.25) is 0 Å². The highest BCUT2D eigenvalue weighted by molar-refractivity contribution is 9.10. The molecule has 0 bridgehead atoms. The molecular formula is C15H14BrF2NO3S. The van der Waals surface area contributed by atoms with Gasteiger partial charge in [-0.05, 0) is 53.2 Å². The average molecular weight is 406 g/mol. The van der Waals surface area contributed by atoms with E-state index in [1.165, 1.54) is 31.4 Å². The van der Waals surface area contributed by atoms with Crippen LogP contribution in [0.1, 0.15) is 6.92 Å². The normalized spacial score (nSPS) is 11.3. The lowest BCUT2D eigenvalue weighted by atomic mass is 10.3. The van der Waals surface area contributed by atoms with Gasteiger partial charge in [-0.15, -0.1) is 0 Å². The predicted molar refractivity (Wildman–Crippen MR) is 87.3 cm³/mol. The number of anilines is 1. The Morgan fingerprint density at radius 1 is 1.13 bits per heavy atom. The van der Waals surface area contributed by atoms with Crippen LogP contribution >= 0.6 is 15.9 Å². The number of sulfonamides is 1. The first-order valence-electron chi connectivity index (χ1n) is 6.62. The molecular weight excluding hydrogens is 392 g/mol. The molecule has 0 heterocycles. The third kappa shape index (κ3) is 3.48. The highest BCUT2D eigenvalue weighted by Gasteiger charge is 2.25. The van der Waals surface area contributed by atoms with Gasteiger partial charge >= 0.3 is 0 Å². The van der Waals surface area contributed by atoms with Crippen molar-refractivity contribution in [3.63, 3.8) is 0 Å². The van der Waals surface area contributed by atoms with Crippen molar-refractivity contribution in [2.45, 2.75) is 11.8 Å². The highest BCUT2D eigenvalue weighted by atomic mass is 79.9. The summed E-state index contributed by atoms with van der Waals surface area (Å²) < 4.78 is 58.5. The molecule has 2 aromatic rings. The maximum atomic E-state index is 13.4. The molecule has 0 saturated carbocycles. The monoisotopic (exact) mass is 405 g/mol. The minimum Gasteiger partial charge on any atom is -0.496 e. The molecule has 8 heteroatoms. The first-order chi connectivity index (χ1) is 10.8. The molecule has 0 spiro atoms. The third-order valence-corrected chi connectivity index (χ3v) is 5.71. The van der Waals surface area contributed by atoms with E-state index in [2.05, 4.69) is 15.9 Å². The summed E-state index contributed by atoms with van der Waals surface area (Å²) in [5, 5.41) is 0. The van der Waals surface area contributed by atoms with Crippen molar-refractivity contribution in [1.29, 1.82) is 0 Å². The van der Waals surface area contributed by atoms with Gasteiger partial charge in [0.1, 0.15) is 5.75 Å². The van der Waals surface area contributed by atoms with Gasteiger partial charge in [0.15, 0.2) is 11.6 Å². The first-order valence-corrected chi connectivity index (χ1v) is 8.86. The van der Waals surface area contributed by atoms with E-state index in [4.69, 9.17) is 4.74 Å². The molecule has 0 amide bonds. The molecule has 0 saturated heterocycles. The lowest BCUT2D eigenvalue weighted by Crippen LogP contribution is -2.30. The van der Waals surface area contributed by atoms with Crippen LogP contribution in [0.3, 0.4) is 0 Å². The van der Waals surface area contributed by atoms with Crippen molar-refractivity contribution in [2.75, 3.05) is 18.0 Å². The van der Waals surface area contributed by atoms with Gasteiger partial charge in [0, 0.05) is 12.6 Å². The number of hydrogen-bond acceptors (Lipinski definition) is 3. The number of halogens is 3. The van der Waals surface area contributed by atoms with E-state index >= 15 is 0 Å². The van der Waals surface area contributed by atoms with Gasteiger partial charge in [-0.1, -0.05) is 0 Å². The van der Waals surface area contributed by atoms with Gasteiger partial charge in [-0.3, -0.25) is 4.31 Å². The Morgan fingerprint density at radius 3 is 2.35 bits per heavy atom. The number of ether oxygens (including phenoxy) is 1. The van der Waals surface area contributed by atoms with E-state index in [9.17, 15) is 17.2 Å². The molecule has 124 valence electrons. The number of benzene rings is 2. The molecule has 0 fully saturated rings. The number of nitrogens with zero attached hydrogens (tertiary/aromatic N) is 1. The molecule has 0 aliphatic carbocycles. The second-order valence-corrected chi connectivity index (χ2v) is 7.28. The zero-order valence-corrected chi connectivity index (χ0v) is 14.8. The Hall–Kier alpha value is -1.67. The topological polar surface area (TPSA) is 46.6 Å². The summed E-state index contributed by atoms with van der Waals surface area (Å²) in [6.45, 7) is 1.68. The summed E-state index contributed by atoms with van der Waals surface area (Å²) >= 11 is 3.23. The van der Waals surface area contributed by atoms with Gasteiger partial charge in [0.25, 0.3) is 10.0 Å². The minimum atomic E-state index is -3.92. The van der Waals surface area contributed by atoms with E-state index in [1.54, 1.807) is 6.92 Å². The van der Waals surface area contributed by atoms with Crippen LogP contribution in [0.25, 0.3) is 0 Å². The maximum Gasteiger partial charge on any atom is 0.264 e. The van der Waals surface area contributed by atoms with Crippen LogP contribution < -0.4 is 9.04 Å². The maximum absolute atomic E-state index is 13.4. The summed E-state index contributed by atoms with van der Waals surface area (Å²) in [5.74, 6) is -1.65. The van der Waals surface area contributed by atoms with Crippen molar-refractivity contribution in [1.82, 2.24) is 0 Å². The second-order valence-electron chi connectivity index (χ2n) is 4.56. The van der Waals surface area contributed by atoms with E-state index in [1.807, 2.05) is 0 Å². The Morgan fingerprint density at radius 2 is 1.83 bits per heavy atom. The van der Waals surface area contributed by atoms with E-state index in [0.717, 1.165) is 16.4 Å². The smallest absolute Gasteiger partial charge is 0.264 e. The summed E-state index contributed by atoms with van der Waals surface area (Å²) in [5.41, 5.74) is 0.0540. The molecule has 0 aliphatic rings. The molecule has 0 radical (unpaired) electrons. The van der Waals surface area contributed by atoms with Crippen LogP contribution in [0.4, 0.5) is 14.5 Å². The fourth-order valence-electron chi connectivity index (χ4n) is 2.07. The Kier molecular flexibility index (Phi) is 5.26. The Balaban J connectivity index is 2.50. The zero-order chi connectivity index (χ0) is 17.2. The Bertz CT molecular complexity index is 827.